The summed E-state index contributed by atoms with van der Waals surface area (Å²) in [5.41, 5.74) is 0. The zero-order valence-corrected chi connectivity index (χ0v) is 8.79. The van der Waals surface area contributed by atoms with E-state index in [1.54, 1.807) is 6.92 Å². The number of carbonyl (C=O) groups is 1. The molecule has 1 heterocycles. The molecule has 0 aliphatic heterocycles. The van der Waals surface area contributed by atoms with E-state index < -0.39 is 12.1 Å². The number of amides is 1. The van der Waals surface area contributed by atoms with E-state index in [1.807, 2.05) is 6.07 Å². The van der Waals surface area contributed by atoms with Crippen molar-refractivity contribution in [2.24, 2.45) is 0 Å². The number of nitrogens with one attached hydrogen (secondary N) is 1. The standard InChI is InChI=1S/C8H12N6O2/c1-2-14(8(15)16)6(4-3-5-9)7-10-12-13-11-7/h6H,2-4H2,1H3,(H,15,16)(H,10,11,12,13). The zero-order chi connectivity index (χ0) is 12.0. The fourth-order valence-electron chi connectivity index (χ4n) is 1.43. The summed E-state index contributed by atoms with van der Waals surface area (Å²) >= 11 is 0. The first kappa shape index (κ1) is 11.9. The molecule has 1 aromatic rings. The molecule has 0 spiro atoms. The maximum absolute atomic E-state index is 11.0. The summed E-state index contributed by atoms with van der Waals surface area (Å²) < 4.78 is 0. The van der Waals surface area contributed by atoms with Crippen molar-refractivity contribution < 1.29 is 9.90 Å². The van der Waals surface area contributed by atoms with Gasteiger partial charge in [-0.05, 0) is 13.3 Å². The SMILES string of the molecule is CCN(C(=O)O)C(CCC#N)c1nn[nH]n1. The highest BCUT2D eigenvalue weighted by molar-refractivity contribution is 5.65. The molecule has 0 saturated carbocycles. The van der Waals surface area contributed by atoms with Gasteiger partial charge < -0.3 is 5.11 Å². The predicted molar refractivity (Wildman–Crippen MR) is 52.2 cm³/mol. The fraction of sp³-hybridized carbons (Fsp3) is 0.625. The molecular weight excluding hydrogens is 212 g/mol. The van der Waals surface area contributed by atoms with Gasteiger partial charge >= 0.3 is 6.09 Å². The van der Waals surface area contributed by atoms with Crippen LogP contribution in [0.15, 0.2) is 0 Å². The minimum absolute atomic E-state index is 0.239. The van der Waals surface area contributed by atoms with E-state index in [-0.39, 0.29) is 6.42 Å². The van der Waals surface area contributed by atoms with Crippen molar-refractivity contribution in [3.63, 3.8) is 0 Å². The minimum Gasteiger partial charge on any atom is -0.465 e. The summed E-state index contributed by atoms with van der Waals surface area (Å²) in [4.78, 5) is 12.2. The van der Waals surface area contributed by atoms with Gasteiger partial charge in [0.2, 0.25) is 0 Å². The number of tetrazole rings is 1. The molecule has 0 bridgehead atoms. The quantitative estimate of drug-likeness (QED) is 0.753. The number of carboxylic acid groups (broad SMARTS) is 1. The Kier molecular flexibility index (Phi) is 4.20. The van der Waals surface area contributed by atoms with E-state index in [9.17, 15) is 4.79 Å². The Hall–Kier alpha value is -2.17. The van der Waals surface area contributed by atoms with Crippen LogP contribution in [0.25, 0.3) is 0 Å². The van der Waals surface area contributed by atoms with Gasteiger partial charge in [0.15, 0.2) is 5.82 Å². The van der Waals surface area contributed by atoms with E-state index in [1.165, 1.54) is 4.90 Å². The number of hydrogen-bond acceptors (Lipinski definition) is 5. The van der Waals surface area contributed by atoms with Crippen LogP contribution in [-0.2, 0) is 0 Å². The molecule has 0 fully saturated rings. The third-order valence-corrected chi connectivity index (χ3v) is 2.15. The van der Waals surface area contributed by atoms with Gasteiger partial charge in [-0.25, -0.2) is 4.79 Å². The molecule has 86 valence electrons. The fourth-order valence-corrected chi connectivity index (χ4v) is 1.43. The molecule has 2 N–H and O–H groups in total. The Labute approximate surface area is 91.9 Å². The normalized spacial score (nSPS) is 11.8. The van der Waals surface area contributed by atoms with E-state index >= 15 is 0 Å². The first-order valence-corrected chi connectivity index (χ1v) is 4.80. The molecule has 1 atom stereocenters. The van der Waals surface area contributed by atoms with Crippen molar-refractivity contribution >= 4 is 6.09 Å². The molecule has 8 nitrogen and oxygen atoms in total. The molecule has 1 aromatic heterocycles. The summed E-state index contributed by atoms with van der Waals surface area (Å²) in [5, 5.41) is 30.7. The van der Waals surface area contributed by atoms with Crippen LogP contribution in [0.4, 0.5) is 4.79 Å². The second-order valence-electron chi connectivity index (χ2n) is 3.05. The molecule has 1 rings (SSSR count). The van der Waals surface area contributed by atoms with Crippen molar-refractivity contribution in [2.75, 3.05) is 6.54 Å². The molecule has 0 radical (unpaired) electrons. The summed E-state index contributed by atoms with van der Waals surface area (Å²) in [7, 11) is 0. The van der Waals surface area contributed by atoms with Gasteiger partial charge in [-0.2, -0.15) is 10.5 Å². The lowest BCUT2D eigenvalue weighted by Gasteiger charge is -2.24. The van der Waals surface area contributed by atoms with Crippen LogP contribution in [0.2, 0.25) is 0 Å². The van der Waals surface area contributed by atoms with Crippen LogP contribution < -0.4 is 0 Å². The van der Waals surface area contributed by atoms with Gasteiger partial charge in [0.05, 0.1) is 12.1 Å². The van der Waals surface area contributed by atoms with Gasteiger partial charge in [-0.1, -0.05) is 5.21 Å². The van der Waals surface area contributed by atoms with E-state index in [2.05, 4.69) is 20.6 Å². The van der Waals surface area contributed by atoms with E-state index in [0.717, 1.165) is 0 Å². The minimum atomic E-state index is -1.06. The molecule has 0 saturated heterocycles. The third kappa shape index (κ3) is 2.66. The van der Waals surface area contributed by atoms with Gasteiger partial charge in [-0.3, -0.25) is 4.90 Å². The average molecular weight is 224 g/mol. The van der Waals surface area contributed by atoms with Gasteiger partial charge in [0.1, 0.15) is 0 Å². The first-order chi connectivity index (χ1) is 7.70. The summed E-state index contributed by atoms with van der Waals surface area (Å²) in [6.45, 7) is 2.02. The van der Waals surface area contributed by atoms with Crippen LogP contribution in [-0.4, -0.2) is 43.3 Å². The second kappa shape index (κ2) is 5.65. The molecule has 8 heteroatoms. The first-order valence-electron chi connectivity index (χ1n) is 4.80. The monoisotopic (exact) mass is 224 g/mol. The highest BCUT2D eigenvalue weighted by Crippen LogP contribution is 2.21. The van der Waals surface area contributed by atoms with Crippen LogP contribution in [0, 0.1) is 11.3 Å². The lowest BCUT2D eigenvalue weighted by molar-refractivity contribution is 0.122. The van der Waals surface area contributed by atoms with Crippen molar-refractivity contribution in [1.29, 1.82) is 5.26 Å². The maximum Gasteiger partial charge on any atom is 0.407 e. The molecule has 0 aromatic carbocycles. The van der Waals surface area contributed by atoms with E-state index in [4.69, 9.17) is 10.4 Å². The number of hydrogen-bond donors (Lipinski definition) is 2. The van der Waals surface area contributed by atoms with Crippen LogP contribution >= 0.6 is 0 Å². The highest BCUT2D eigenvalue weighted by Gasteiger charge is 2.26. The van der Waals surface area contributed by atoms with Crippen LogP contribution in [0.3, 0.4) is 0 Å². The van der Waals surface area contributed by atoms with Crippen molar-refractivity contribution in [3.05, 3.63) is 5.82 Å². The van der Waals surface area contributed by atoms with Crippen LogP contribution in [0.5, 0.6) is 0 Å². The number of nitrogens with zero attached hydrogens (tertiary/aromatic N) is 5. The molecule has 0 aliphatic rings. The topological polar surface area (TPSA) is 119 Å². The van der Waals surface area contributed by atoms with E-state index in [0.29, 0.717) is 18.8 Å². The molecular formula is C8H12N6O2. The second-order valence-corrected chi connectivity index (χ2v) is 3.05. The maximum atomic E-state index is 11.0. The van der Waals surface area contributed by atoms with Gasteiger partial charge in [0.25, 0.3) is 0 Å². The zero-order valence-electron chi connectivity index (χ0n) is 8.79. The Morgan fingerprint density at radius 3 is 2.94 bits per heavy atom. The predicted octanol–water partition coefficient (Wildman–Crippen LogP) is 0.544. The number of nitriles is 1. The molecule has 1 amide bonds. The number of aromatic amines is 1. The average Bonchev–Trinajstić information content (AvgIpc) is 2.76. The lowest BCUT2D eigenvalue weighted by atomic mass is 10.1. The number of H-pyrrole nitrogens is 1. The summed E-state index contributed by atoms with van der Waals surface area (Å²) in [6, 6.07) is 1.45. The van der Waals surface area contributed by atoms with Gasteiger partial charge in [-0.15, -0.1) is 10.2 Å². The third-order valence-electron chi connectivity index (χ3n) is 2.15. The number of rotatable bonds is 5. The number of aromatic nitrogens is 4. The Bertz CT molecular complexity index is 370. The molecule has 0 aliphatic carbocycles. The molecule has 16 heavy (non-hydrogen) atoms. The highest BCUT2D eigenvalue weighted by atomic mass is 16.4. The Balaban J connectivity index is 2.86. The summed E-state index contributed by atoms with van der Waals surface area (Å²) in [6.07, 6.45) is -0.464. The molecule has 1 unspecified atom stereocenters. The Morgan fingerprint density at radius 1 is 1.75 bits per heavy atom. The summed E-state index contributed by atoms with van der Waals surface area (Å²) in [5.74, 6) is 0.291. The van der Waals surface area contributed by atoms with Crippen molar-refractivity contribution in [1.82, 2.24) is 25.5 Å². The van der Waals surface area contributed by atoms with Crippen molar-refractivity contribution in [2.45, 2.75) is 25.8 Å². The smallest absolute Gasteiger partial charge is 0.407 e. The lowest BCUT2D eigenvalue weighted by Crippen LogP contribution is -2.34. The van der Waals surface area contributed by atoms with Gasteiger partial charge in [0, 0.05) is 13.0 Å². The van der Waals surface area contributed by atoms with Crippen LogP contribution in [0.1, 0.15) is 31.6 Å². The Morgan fingerprint density at radius 2 is 2.50 bits per heavy atom. The largest absolute Gasteiger partial charge is 0.465 e. The van der Waals surface area contributed by atoms with Crippen molar-refractivity contribution in [3.8, 4) is 6.07 Å².